The predicted molar refractivity (Wildman–Crippen MR) is 201 cm³/mol. The molecule has 15 nitrogen and oxygen atoms in total. The molecule has 9 rings (SSSR count). The molecule has 304 valence electrons. The summed E-state index contributed by atoms with van der Waals surface area (Å²) in [7, 11) is 0. The van der Waals surface area contributed by atoms with Gasteiger partial charge in [0.05, 0.1) is 24.7 Å². The fraction of sp³-hybridized carbons (Fsp3) is 0.395. The average Bonchev–Trinajstić information content (AvgIpc) is 3.63. The van der Waals surface area contributed by atoms with Gasteiger partial charge < -0.3 is 43.3 Å². The maximum Gasteiger partial charge on any atom is 0.519 e. The van der Waals surface area contributed by atoms with E-state index in [9.17, 15) is 22.8 Å². The summed E-state index contributed by atoms with van der Waals surface area (Å²) in [5.41, 5.74) is 1.03. The molecule has 0 saturated carbocycles. The zero-order chi connectivity index (χ0) is 40.9. The molecular weight excluding hydrogens is 775 g/mol. The Hall–Kier alpha value is -5.75. The van der Waals surface area contributed by atoms with E-state index in [1.165, 1.54) is 11.8 Å². The highest BCUT2D eigenvalue weighted by atomic mass is 35.5. The Kier molecular flexibility index (Phi) is 12.3. The molecule has 19 heteroatoms. The number of anilines is 3. The minimum atomic E-state index is -4.69. The second-order valence-corrected chi connectivity index (χ2v) is 14.6. The molecule has 5 aliphatic heterocycles. The van der Waals surface area contributed by atoms with Crippen LogP contribution < -0.4 is 30.8 Å². The fourth-order valence-electron chi connectivity index (χ4n) is 6.03. The fourth-order valence-corrected chi connectivity index (χ4v) is 6.29. The van der Waals surface area contributed by atoms with Crippen LogP contribution >= 0.6 is 11.6 Å². The number of nitrogens with zero attached hydrogens (tertiary/aromatic N) is 5. The molecule has 7 heterocycles. The molecule has 57 heavy (non-hydrogen) atoms. The number of carbonyl (C=O) groups excluding carboxylic acids is 1. The molecule has 0 unspecified atom stereocenters. The number of halogens is 4. The lowest BCUT2D eigenvalue weighted by Crippen LogP contribution is -2.43. The van der Waals surface area contributed by atoms with E-state index in [2.05, 4.69) is 37.1 Å². The normalized spacial score (nSPS) is 17.0. The number of amides is 1. The summed E-state index contributed by atoms with van der Waals surface area (Å²) >= 11 is 6.71. The Morgan fingerprint density at radius 3 is 2.46 bits per heavy atom. The highest BCUT2D eigenvalue weighted by Gasteiger charge is 2.30. The first kappa shape index (κ1) is 40.9. The van der Waals surface area contributed by atoms with Crippen LogP contribution in [0, 0.1) is 12.3 Å². The lowest BCUT2D eigenvalue weighted by atomic mass is 9.92. The predicted octanol–water partition coefficient (Wildman–Crippen LogP) is 6.86. The first-order chi connectivity index (χ1) is 27.0. The van der Waals surface area contributed by atoms with Gasteiger partial charge >= 0.3 is 18.0 Å². The molecule has 0 radical (unpaired) electrons. The van der Waals surface area contributed by atoms with Gasteiger partial charge in [-0.1, -0.05) is 31.5 Å². The van der Waals surface area contributed by atoms with Crippen molar-refractivity contribution < 1.29 is 45.7 Å². The van der Waals surface area contributed by atoms with Crippen LogP contribution in [0.5, 0.6) is 11.8 Å². The summed E-state index contributed by atoms with van der Waals surface area (Å²) in [6.45, 7) is 11.7. The summed E-state index contributed by atoms with van der Waals surface area (Å²) in [5, 5.41) is 6.26. The minimum absolute atomic E-state index is 0.0263. The van der Waals surface area contributed by atoms with E-state index in [0.29, 0.717) is 78.3 Å². The van der Waals surface area contributed by atoms with Gasteiger partial charge in [0.25, 0.3) is 11.9 Å². The van der Waals surface area contributed by atoms with Crippen molar-refractivity contribution in [2.75, 3.05) is 49.6 Å². The topological polar surface area (TPSA) is 167 Å². The lowest BCUT2D eigenvalue weighted by Gasteiger charge is -2.33. The summed E-state index contributed by atoms with van der Waals surface area (Å²) in [6, 6.07) is 10.9. The highest BCUT2D eigenvalue weighted by molar-refractivity contribution is 6.32. The zero-order valence-corrected chi connectivity index (χ0v) is 32.4. The first-order valence-electron chi connectivity index (χ1n) is 17.8. The Morgan fingerprint density at radius 1 is 1.02 bits per heavy atom. The van der Waals surface area contributed by atoms with E-state index >= 15 is 0 Å². The van der Waals surface area contributed by atoms with Crippen molar-refractivity contribution in [1.29, 1.82) is 0 Å². The van der Waals surface area contributed by atoms with E-state index in [1.807, 2.05) is 20.8 Å². The van der Waals surface area contributed by atoms with Gasteiger partial charge in [-0.15, -0.1) is 0 Å². The number of aryl methyl sites for hydroxylation is 1. The van der Waals surface area contributed by atoms with E-state index in [1.54, 1.807) is 42.5 Å². The molecule has 5 aliphatic rings. The summed E-state index contributed by atoms with van der Waals surface area (Å²) < 4.78 is 72.3. The maximum absolute atomic E-state index is 13.3. The molecule has 2 aromatic heterocycles. The van der Waals surface area contributed by atoms with E-state index in [0.717, 1.165) is 0 Å². The van der Waals surface area contributed by atoms with Gasteiger partial charge in [0.15, 0.2) is 18.1 Å². The number of benzene rings is 2. The van der Waals surface area contributed by atoms with Crippen molar-refractivity contribution >= 4 is 35.1 Å². The van der Waals surface area contributed by atoms with Crippen LogP contribution in [0.15, 0.2) is 80.1 Å². The summed E-state index contributed by atoms with van der Waals surface area (Å²) in [6.07, 6.45) is -4.08. The monoisotopic (exact) mass is 815 g/mol. The molecule has 0 spiro atoms. The molecule has 4 aromatic rings. The molecule has 0 fully saturated rings. The largest absolute Gasteiger partial charge is 0.519 e. The van der Waals surface area contributed by atoms with Crippen LogP contribution in [0.25, 0.3) is 0 Å². The van der Waals surface area contributed by atoms with E-state index in [-0.39, 0.29) is 53.8 Å². The highest BCUT2D eigenvalue weighted by Crippen LogP contribution is 2.30. The Balaban J connectivity index is 1.34. The number of nitrogens with one attached hydrogen (secondary N) is 2. The smallest absolute Gasteiger partial charge is 0.492 e. The number of hydrogen-bond acceptors (Lipinski definition) is 14. The second-order valence-electron chi connectivity index (χ2n) is 14.2. The van der Waals surface area contributed by atoms with E-state index in [4.69, 9.17) is 39.4 Å². The first-order valence-corrected chi connectivity index (χ1v) is 18.2. The molecule has 2 N–H and O–H groups in total. The SMILES string of the molecule is C=C1OC(C)=C(CN2CCCOc3ccc(cc3Cl)CN(Cc3oc(=O)oc3C)c3nc(nc(OCC(F)(F)F)n3)Nc3ccc(cc3)C(=O)NCC(C)(C)C2)O1. The van der Waals surface area contributed by atoms with Crippen LogP contribution in [-0.2, 0) is 22.6 Å². The molecule has 6 bridgehead atoms. The third kappa shape index (κ3) is 11.4. The van der Waals surface area contributed by atoms with Crippen molar-refractivity contribution in [1.82, 2.24) is 25.2 Å². The van der Waals surface area contributed by atoms with Gasteiger partial charge in [-0.3, -0.25) is 9.69 Å². The standard InChI is InChI=1S/C38H41ClF3N7O8/c1-22-30(56-24(3)54-22)17-48-13-6-14-52-29-12-7-25(15-28(29)39)16-49(18-31-23(2)55-36(51)57-31)34-45-33(46-35(47-34)53-21-38(40,41)42)44-27-10-8-26(9-11-27)32(50)43-19-37(4,5)20-48/h7-12,15H,3,6,13-14,16-21H2,1-2,4-5H3,(H,43,50)(H,44,45,46,47). The van der Waals surface area contributed by atoms with Crippen molar-refractivity contribution in [3.63, 3.8) is 0 Å². The van der Waals surface area contributed by atoms with Crippen LogP contribution in [0.2, 0.25) is 5.02 Å². The maximum atomic E-state index is 13.3. The summed E-state index contributed by atoms with van der Waals surface area (Å²) in [4.78, 5) is 41.7. The number of aromatic nitrogens is 3. The van der Waals surface area contributed by atoms with Gasteiger partial charge in [0.2, 0.25) is 11.9 Å². The Labute approximate surface area is 330 Å². The third-order valence-electron chi connectivity index (χ3n) is 8.71. The number of allylic oxidation sites excluding steroid dienone is 1. The third-order valence-corrected chi connectivity index (χ3v) is 9.01. The quantitative estimate of drug-likeness (QED) is 0.207. The molecule has 0 saturated heterocycles. The average molecular weight is 816 g/mol. The number of carbonyl (C=O) groups is 1. The van der Waals surface area contributed by atoms with Crippen LogP contribution in [-0.4, -0.2) is 71.3 Å². The molecule has 1 amide bonds. The van der Waals surface area contributed by atoms with Gasteiger partial charge in [0.1, 0.15) is 17.3 Å². The van der Waals surface area contributed by atoms with Crippen LogP contribution in [0.4, 0.5) is 30.8 Å². The van der Waals surface area contributed by atoms with Crippen molar-refractivity contribution in [2.24, 2.45) is 5.41 Å². The number of rotatable bonds is 6. The zero-order valence-electron chi connectivity index (χ0n) is 31.6. The minimum Gasteiger partial charge on any atom is -0.492 e. The van der Waals surface area contributed by atoms with Gasteiger partial charge in [0, 0.05) is 37.4 Å². The molecular formula is C38H41ClF3N7O8. The molecule has 0 aliphatic carbocycles. The van der Waals surface area contributed by atoms with Crippen LogP contribution in [0.1, 0.15) is 54.6 Å². The van der Waals surface area contributed by atoms with Crippen LogP contribution in [0.3, 0.4) is 0 Å². The van der Waals surface area contributed by atoms with E-state index < -0.39 is 24.6 Å². The van der Waals surface area contributed by atoms with Crippen molar-refractivity contribution in [3.8, 4) is 11.8 Å². The molecule has 2 aromatic carbocycles. The van der Waals surface area contributed by atoms with Gasteiger partial charge in [-0.25, -0.2) is 4.79 Å². The molecule has 0 atom stereocenters. The van der Waals surface area contributed by atoms with Crippen molar-refractivity contribution in [3.05, 3.63) is 105 Å². The second kappa shape index (κ2) is 17.2. The Bertz CT molecular complexity index is 2190. The Morgan fingerprint density at radius 2 is 1.79 bits per heavy atom. The number of hydrogen-bond donors (Lipinski definition) is 2. The number of alkyl halides is 3. The lowest BCUT2D eigenvalue weighted by molar-refractivity contribution is -0.154. The van der Waals surface area contributed by atoms with Gasteiger partial charge in [-0.05, 0) is 74.2 Å². The number of ether oxygens (including phenoxy) is 4. The van der Waals surface area contributed by atoms with Crippen molar-refractivity contribution in [2.45, 2.75) is 53.4 Å². The summed E-state index contributed by atoms with van der Waals surface area (Å²) in [5.74, 6) is 0.678. The van der Waals surface area contributed by atoms with Gasteiger partial charge in [-0.2, -0.15) is 28.1 Å².